The standard InChI is InChI=1S/C29H31N5O4/c1-3-4-10-25-30-23-15-16-26(33-18-7-17-32(2)28(33)35)31-27(23)34(25)19-20-11-13-21(14-12-20)22-8-5-6-9-24(22)38-29(36)37/h5-6,8-9,11-16H,3-4,7,10,17-19H2,1-2H3,(H,36,37). The number of amides is 2. The second-order valence-electron chi connectivity index (χ2n) is 9.50. The Morgan fingerprint density at radius 2 is 1.82 bits per heavy atom. The Bertz CT molecular complexity index is 1460. The summed E-state index contributed by atoms with van der Waals surface area (Å²) in [4.78, 5) is 37.1. The van der Waals surface area contributed by atoms with Crippen molar-refractivity contribution in [1.82, 2.24) is 19.4 Å². The number of carbonyl (C=O) groups excluding carboxylic acids is 1. The number of anilines is 1. The van der Waals surface area contributed by atoms with Gasteiger partial charge in [-0.2, -0.15) is 0 Å². The molecule has 1 saturated heterocycles. The first-order valence-corrected chi connectivity index (χ1v) is 12.9. The van der Waals surface area contributed by atoms with Crippen LogP contribution < -0.4 is 9.64 Å². The monoisotopic (exact) mass is 513 g/mol. The number of fused-ring (bicyclic) bond motifs is 1. The number of urea groups is 1. The lowest BCUT2D eigenvalue weighted by Crippen LogP contribution is -2.47. The zero-order valence-electron chi connectivity index (χ0n) is 21.6. The number of benzene rings is 2. The van der Waals surface area contributed by atoms with Gasteiger partial charge in [0.05, 0.1) is 6.54 Å². The molecule has 3 heterocycles. The van der Waals surface area contributed by atoms with Crippen LogP contribution in [0.15, 0.2) is 60.7 Å². The molecule has 0 bridgehead atoms. The first-order chi connectivity index (χ1) is 18.4. The summed E-state index contributed by atoms with van der Waals surface area (Å²) in [5.41, 5.74) is 4.21. The van der Waals surface area contributed by atoms with Gasteiger partial charge in [-0.15, -0.1) is 0 Å². The zero-order chi connectivity index (χ0) is 26.6. The molecular weight excluding hydrogens is 482 g/mol. The summed E-state index contributed by atoms with van der Waals surface area (Å²) in [6, 6.07) is 18.8. The van der Waals surface area contributed by atoms with Crippen LogP contribution in [-0.4, -0.2) is 56.9 Å². The molecule has 0 atom stereocenters. The number of rotatable bonds is 8. The van der Waals surface area contributed by atoms with Gasteiger partial charge in [-0.1, -0.05) is 55.8 Å². The predicted octanol–water partition coefficient (Wildman–Crippen LogP) is 5.81. The Balaban J connectivity index is 1.48. The predicted molar refractivity (Wildman–Crippen MR) is 146 cm³/mol. The highest BCUT2D eigenvalue weighted by atomic mass is 16.7. The van der Waals surface area contributed by atoms with Crippen LogP contribution in [0.2, 0.25) is 0 Å². The van der Waals surface area contributed by atoms with Crippen LogP contribution in [0.1, 0.15) is 37.6 Å². The lowest BCUT2D eigenvalue weighted by Gasteiger charge is -2.32. The van der Waals surface area contributed by atoms with Gasteiger partial charge in [0.15, 0.2) is 5.65 Å². The number of ether oxygens (including phenoxy) is 1. The fourth-order valence-corrected chi connectivity index (χ4v) is 4.82. The molecule has 9 heteroatoms. The molecule has 1 fully saturated rings. The van der Waals surface area contributed by atoms with Gasteiger partial charge in [-0.05, 0) is 42.2 Å². The second-order valence-corrected chi connectivity index (χ2v) is 9.50. The highest BCUT2D eigenvalue weighted by Crippen LogP contribution is 2.31. The minimum Gasteiger partial charge on any atom is -0.449 e. The molecular formula is C29H31N5O4. The van der Waals surface area contributed by atoms with E-state index in [0.717, 1.165) is 60.3 Å². The van der Waals surface area contributed by atoms with Crippen molar-refractivity contribution in [3.63, 3.8) is 0 Å². The van der Waals surface area contributed by atoms with Crippen LogP contribution in [0.5, 0.6) is 5.75 Å². The molecule has 0 aliphatic carbocycles. The van der Waals surface area contributed by atoms with Crippen LogP contribution >= 0.6 is 0 Å². The Hall–Kier alpha value is -4.40. The van der Waals surface area contributed by atoms with Crippen molar-refractivity contribution in [2.24, 2.45) is 0 Å². The van der Waals surface area contributed by atoms with E-state index in [0.29, 0.717) is 30.2 Å². The number of para-hydroxylation sites is 1. The summed E-state index contributed by atoms with van der Waals surface area (Å²) in [5.74, 6) is 1.91. The van der Waals surface area contributed by atoms with Crippen molar-refractivity contribution >= 4 is 29.2 Å². The Morgan fingerprint density at radius 1 is 1.03 bits per heavy atom. The maximum absolute atomic E-state index is 12.8. The molecule has 1 N–H and O–H groups in total. The molecule has 5 rings (SSSR count). The third kappa shape index (κ3) is 5.18. The largest absolute Gasteiger partial charge is 0.511 e. The average Bonchev–Trinajstić information content (AvgIpc) is 3.26. The molecule has 2 aromatic heterocycles. The number of hydrogen-bond acceptors (Lipinski definition) is 5. The Morgan fingerprint density at radius 3 is 2.58 bits per heavy atom. The third-order valence-electron chi connectivity index (χ3n) is 6.81. The summed E-state index contributed by atoms with van der Waals surface area (Å²) < 4.78 is 7.10. The molecule has 4 aromatic rings. The van der Waals surface area contributed by atoms with Gasteiger partial charge in [0.2, 0.25) is 0 Å². The second kappa shape index (κ2) is 10.9. The first kappa shape index (κ1) is 25.3. The Kier molecular flexibility index (Phi) is 7.26. The van der Waals surface area contributed by atoms with Gasteiger partial charge < -0.3 is 19.3 Å². The number of carbonyl (C=O) groups is 2. The minimum atomic E-state index is -1.34. The van der Waals surface area contributed by atoms with Crippen molar-refractivity contribution in [1.29, 1.82) is 0 Å². The van der Waals surface area contributed by atoms with E-state index in [1.807, 2.05) is 55.6 Å². The highest BCUT2D eigenvalue weighted by molar-refractivity contribution is 5.92. The van der Waals surface area contributed by atoms with E-state index in [4.69, 9.17) is 19.8 Å². The van der Waals surface area contributed by atoms with Crippen LogP contribution in [-0.2, 0) is 13.0 Å². The van der Waals surface area contributed by atoms with Gasteiger partial charge in [0, 0.05) is 32.1 Å². The molecule has 2 amide bonds. The van der Waals surface area contributed by atoms with Crippen molar-refractivity contribution in [3.05, 3.63) is 72.1 Å². The fourth-order valence-electron chi connectivity index (χ4n) is 4.82. The van der Waals surface area contributed by atoms with E-state index in [2.05, 4.69) is 11.5 Å². The smallest absolute Gasteiger partial charge is 0.449 e. The number of hydrogen-bond donors (Lipinski definition) is 1. The van der Waals surface area contributed by atoms with Crippen molar-refractivity contribution in [2.75, 3.05) is 25.0 Å². The summed E-state index contributed by atoms with van der Waals surface area (Å²) in [5, 5.41) is 9.07. The molecule has 1 aliphatic rings. The van der Waals surface area contributed by atoms with Gasteiger partial charge in [0.1, 0.15) is 22.9 Å². The van der Waals surface area contributed by atoms with Crippen molar-refractivity contribution in [2.45, 2.75) is 39.2 Å². The minimum absolute atomic E-state index is 0.0388. The molecule has 196 valence electrons. The molecule has 0 radical (unpaired) electrons. The third-order valence-corrected chi connectivity index (χ3v) is 6.81. The molecule has 1 aliphatic heterocycles. The lowest BCUT2D eigenvalue weighted by atomic mass is 10.0. The maximum atomic E-state index is 12.8. The van der Waals surface area contributed by atoms with E-state index in [1.165, 1.54) is 0 Å². The van der Waals surface area contributed by atoms with Crippen molar-refractivity contribution < 1.29 is 19.4 Å². The van der Waals surface area contributed by atoms with Crippen LogP contribution in [0, 0.1) is 0 Å². The Labute approximate surface area is 221 Å². The quantitative estimate of drug-likeness (QED) is 0.236. The molecule has 0 saturated carbocycles. The number of unbranched alkanes of at least 4 members (excludes halogenated alkanes) is 1. The number of imidazole rings is 1. The fraction of sp³-hybridized carbons (Fsp3) is 0.310. The van der Waals surface area contributed by atoms with E-state index >= 15 is 0 Å². The van der Waals surface area contributed by atoms with E-state index < -0.39 is 6.16 Å². The highest BCUT2D eigenvalue weighted by Gasteiger charge is 2.26. The number of aromatic nitrogens is 3. The molecule has 38 heavy (non-hydrogen) atoms. The topological polar surface area (TPSA) is 101 Å². The summed E-state index contributed by atoms with van der Waals surface area (Å²) in [6.45, 7) is 4.13. The van der Waals surface area contributed by atoms with E-state index in [-0.39, 0.29) is 6.03 Å². The number of aryl methyl sites for hydroxylation is 1. The number of pyridine rings is 1. The normalized spacial score (nSPS) is 13.8. The van der Waals surface area contributed by atoms with E-state index in [1.54, 1.807) is 21.9 Å². The van der Waals surface area contributed by atoms with Gasteiger partial charge in [-0.25, -0.2) is 19.6 Å². The number of carboxylic acid groups (broad SMARTS) is 1. The van der Waals surface area contributed by atoms with Gasteiger partial charge in [0.25, 0.3) is 0 Å². The maximum Gasteiger partial charge on any atom is 0.511 e. The summed E-state index contributed by atoms with van der Waals surface area (Å²) in [7, 11) is 1.82. The zero-order valence-corrected chi connectivity index (χ0v) is 21.6. The SMILES string of the molecule is CCCCc1nc2ccc(N3CCCN(C)C3=O)nc2n1Cc1ccc(-c2ccccc2OC(=O)O)cc1. The van der Waals surface area contributed by atoms with Gasteiger partial charge >= 0.3 is 12.2 Å². The molecule has 0 spiro atoms. The van der Waals surface area contributed by atoms with Crippen LogP contribution in [0.3, 0.4) is 0 Å². The van der Waals surface area contributed by atoms with Gasteiger partial charge in [-0.3, -0.25) is 4.90 Å². The molecule has 9 nitrogen and oxygen atoms in total. The molecule has 2 aromatic carbocycles. The lowest BCUT2D eigenvalue weighted by molar-refractivity contribution is 0.144. The first-order valence-electron chi connectivity index (χ1n) is 12.9. The van der Waals surface area contributed by atoms with E-state index in [9.17, 15) is 9.59 Å². The number of nitrogens with zero attached hydrogens (tertiary/aromatic N) is 5. The van der Waals surface area contributed by atoms with Crippen molar-refractivity contribution in [3.8, 4) is 16.9 Å². The van der Waals surface area contributed by atoms with Crippen LogP contribution in [0.25, 0.3) is 22.3 Å². The van der Waals surface area contributed by atoms with Crippen LogP contribution in [0.4, 0.5) is 15.4 Å². The molecule has 0 unspecified atom stereocenters. The average molecular weight is 514 g/mol. The summed E-state index contributed by atoms with van der Waals surface area (Å²) >= 11 is 0. The summed E-state index contributed by atoms with van der Waals surface area (Å²) in [6.07, 6.45) is 2.47.